The molecule has 0 spiro atoms. The maximum Gasteiger partial charge on any atom is 0.199 e. The van der Waals surface area contributed by atoms with Crippen LogP contribution in [0.3, 0.4) is 0 Å². The minimum Gasteiger partial charge on any atom is -0.494 e. The molecule has 0 amide bonds. The molecule has 0 aliphatic rings. The molecule has 0 aliphatic heterocycles. The van der Waals surface area contributed by atoms with Crippen molar-refractivity contribution in [2.24, 2.45) is 0 Å². The Balaban J connectivity index is 2.21. The lowest BCUT2D eigenvalue weighted by Gasteiger charge is -2.06. The third kappa shape index (κ3) is 1.88. The summed E-state index contributed by atoms with van der Waals surface area (Å²) in [7, 11) is 0. The number of fused-ring (bicyclic) bond motifs is 1. The van der Waals surface area contributed by atoms with Gasteiger partial charge in [-0.3, -0.25) is 5.41 Å². The first-order chi connectivity index (χ1) is 9.58. The number of rotatable bonds is 2. The largest absolute Gasteiger partial charge is 0.494 e. The lowest BCUT2D eigenvalue weighted by molar-refractivity contribution is 0.457. The molecule has 0 bridgehead atoms. The fraction of sp³-hybridized carbons (Fsp3) is 0.118. The van der Waals surface area contributed by atoms with Crippen LogP contribution in [0.4, 0.5) is 0 Å². The zero-order valence-electron chi connectivity index (χ0n) is 11.5. The fourth-order valence-electron chi connectivity index (χ4n) is 2.52. The van der Waals surface area contributed by atoms with Crippen LogP contribution in [0.2, 0.25) is 0 Å². The molecule has 2 aromatic carbocycles. The Bertz CT molecular complexity index is 798. The van der Waals surface area contributed by atoms with Crippen molar-refractivity contribution < 1.29 is 5.11 Å². The van der Waals surface area contributed by atoms with Crippen molar-refractivity contribution in [3.05, 3.63) is 64.7 Å². The van der Waals surface area contributed by atoms with Gasteiger partial charge in [-0.1, -0.05) is 42.0 Å². The van der Waals surface area contributed by atoms with Gasteiger partial charge < -0.3 is 10.1 Å². The molecule has 20 heavy (non-hydrogen) atoms. The van der Waals surface area contributed by atoms with Gasteiger partial charge in [0.2, 0.25) is 0 Å². The maximum atomic E-state index is 10.1. The number of hydrogen-bond donors (Lipinski definition) is 3. The summed E-state index contributed by atoms with van der Waals surface area (Å²) in [5.41, 5.74) is 4.77. The summed E-state index contributed by atoms with van der Waals surface area (Å²) in [6.45, 7) is 4.00. The zero-order chi connectivity index (χ0) is 14.3. The number of aromatic hydroxyl groups is 1. The molecular formula is C17H16N2O. The molecule has 3 N–H and O–H groups in total. The van der Waals surface area contributed by atoms with E-state index >= 15 is 0 Å². The molecule has 0 fully saturated rings. The van der Waals surface area contributed by atoms with Gasteiger partial charge in [-0.05, 0) is 25.5 Å². The lowest BCUT2D eigenvalue weighted by atomic mass is 9.98. The second-order valence-electron chi connectivity index (χ2n) is 5.09. The van der Waals surface area contributed by atoms with Crippen molar-refractivity contribution in [2.45, 2.75) is 13.8 Å². The number of benzene rings is 2. The predicted molar refractivity (Wildman–Crippen MR) is 81.8 cm³/mol. The molecule has 0 radical (unpaired) electrons. The van der Waals surface area contributed by atoms with Gasteiger partial charge in [0, 0.05) is 16.5 Å². The predicted octanol–water partition coefficient (Wildman–Crippen LogP) is 3.91. The first-order valence-corrected chi connectivity index (χ1v) is 6.54. The second kappa shape index (κ2) is 4.53. The third-order valence-electron chi connectivity index (χ3n) is 3.60. The highest BCUT2D eigenvalue weighted by Gasteiger charge is 2.17. The van der Waals surface area contributed by atoms with E-state index in [1.807, 2.05) is 56.3 Å². The smallest absolute Gasteiger partial charge is 0.199 e. The van der Waals surface area contributed by atoms with E-state index in [4.69, 9.17) is 5.41 Å². The summed E-state index contributed by atoms with van der Waals surface area (Å²) < 4.78 is 0. The van der Waals surface area contributed by atoms with Crippen LogP contribution in [0.5, 0.6) is 5.88 Å². The van der Waals surface area contributed by atoms with E-state index in [0.717, 1.165) is 27.6 Å². The molecule has 3 nitrogen and oxygen atoms in total. The first kappa shape index (κ1) is 12.5. The zero-order valence-corrected chi connectivity index (χ0v) is 11.5. The number of hydrogen-bond acceptors (Lipinski definition) is 2. The van der Waals surface area contributed by atoms with E-state index in [0.29, 0.717) is 11.3 Å². The summed E-state index contributed by atoms with van der Waals surface area (Å²) in [4.78, 5) is 2.94. The third-order valence-corrected chi connectivity index (χ3v) is 3.60. The fourth-order valence-corrected chi connectivity index (χ4v) is 2.52. The molecule has 3 rings (SSSR count). The Kier molecular flexibility index (Phi) is 2.83. The highest BCUT2D eigenvalue weighted by molar-refractivity contribution is 6.20. The SMILES string of the molecule is Cc1ccc(C(=N)c2c(O)[nH]c3cccc(C)c23)cc1. The van der Waals surface area contributed by atoms with Crippen LogP contribution in [-0.4, -0.2) is 15.8 Å². The van der Waals surface area contributed by atoms with Crippen molar-refractivity contribution in [1.82, 2.24) is 4.98 Å². The van der Waals surface area contributed by atoms with E-state index in [-0.39, 0.29) is 5.88 Å². The van der Waals surface area contributed by atoms with Crippen molar-refractivity contribution in [2.75, 3.05) is 0 Å². The van der Waals surface area contributed by atoms with Gasteiger partial charge in [-0.2, -0.15) is 0 Å². The van der Waals surface area contributed by atoms with Crippen molar-refractivity contribution in [3.63, 3.8) is 0 Å². The van der Waals surface area contributed by atoms with Gasteiger partial charge in [-0.25, -0.2) is 0 Å². The number of H-pyrrole nitrogens is 1. The molecule has 1 heterocycles. The van der Waals surface area contributed by atoms with Gasteiger partial charge in [0.1, 0.15) is 0 Å². The average Bonchev–Trinajstić information content (AvgIpc) is 2.76. The van der Waals surface area contributed by atoms with Gasteiger partial charge in [-0.15, -0.1) is 0 Å². The monoisotopic (exact) mass is 264 g/mol. The topological polar surface area (TPSA) is 59.9 Å². The Morgan fingerprint density at radius 3 is 2.45 bits per heavy atom. The lowest BCUT2D eigenvalue weighted by Crippen LogP contribution is -2.01. The van der Waals surface area contributed by atoms with Crippen LogP contribution in [0.25, 0.3) is 10.9 Å². The Hall–Kier alpha value is -2.55. The normalized spacial score (nSPS) is 10.9. The number of aryl methyl sites for hydroxylation is 2. The Morgan fingerprint density at radius 2 is 1.75 bits per heavy atom. The average molecular weight is 264 g/mol. The summed E-state index contributed by atoms with van der Waals surface area (Å²) in [6.07, 6.45) is 0. The van der Waals surface area contributed by atoms with Crippen LogP contribution in [0, 0.1) is 19.3 Å². The van der Waals surface area contributed by atoms with Crippen molar-refractivity contribution in [3.8, 4) is 5.88 Å². The molecule has 3 aromatic rings. The summed E-state index contributed by atoms with van der Waals surface area (Å²) in [6, 6.07) is 13.6. The molecule has 0 atom stereocenters. The Morgan fingerprint density at radius 1 is 1.05 bits per heavy atom. The molecule has 0 unspecified atom stereocenters. The minimum absolute atomic E-state index is 0.0554. The molecular weight excluding hydrogens is 248 g/mol. The highest BCUT2D eigenvalue weighted by Crippen LogP contribution is 2.31. The van der Waals surface area contributed by atoms with E-state index in [1.165, 1.54) is 0 Å². The van der Waals surface area contributed by atoms with Crippen LogP contribution in [0.1, 0.15) is 22.3 Å². The van der Waals surface area contributed by atoms with Gasteiger partial charge in [0.15, 0.2) is 5.88 Å². The minimum atomic E-state index is 0.0554. The molecule has 0 aliphatic carbocycles. The van der Waals surface area contributed by atoms with Crippen LogP contribution in [-0.2, 0) is 0 Å². The summed E-state index contributed by atoms with van der Waals surface area (Å²) in [5.74, 6) is 0.0554. The quantitative estimate of drug-likeness (QED) is 0.604. The Labute approximate surface area is 117 Å². The van der Waals surface area contributed by atoms with Crippen molar-refractivity contribution in [1.29, 1.82) is 5.41 Å². The van der Waals surface area contributed by atoms with E-state index in [1.54, 1.807) is 0 Å². The highest BCUT2D eigenvalue weighted by atomic mass is 16.3. The van der Waals surface area contributed by atoms with Crippen LogP contribution < -0.4 is 0 Å². The van der Waals surface area contributed by atoms with Gasteiger partial charge in [0.05, 0.1) is 11.3 Å². The van der Waals surface area contributed by atoms with Crippen LogP contribution in [0.15, 0.2) is 42.5 Å². The number of aromatic nitrogens is 1. The van der Waals surface area contributed by atoms with Crippen LogP contribution >= 0.6 is 0 Å². The molecule has 3 heteroatoms. The van der Waals surface area contributed by atoms with E-state index < -0.39 is 0 Å². The van der Waals surface area contributed by atoms with Gasteiger partial charge >= 0.3 is 0 Å². The van der Waals surface area contributed by atoms with E-state index in [9.17, 15) is 5.11 Å². The molecule has 1 aromatic heterocycles. The second-order valence-corrected chi connectivity index (χ2v) is 5.09. The molecule has 0 saturated carbocycles. The molecule has 0 saturated heterocycles. The van der Waals surface area contributed by atoms with E-state index in [2.05, 4.69) is 4.98 Å². The number of aromatic amines is 1. The summed E-state index contributed by atoms with van der Waals surface area (Å²) in [5, 5.41) is 19.5. The standard InChI is InChI=1S/C17H16N2O/c1-10-6-8-12(9-7-10)16(18)15-14-11(2)4-3-5-13(14)19-17(15)20/h3-9,18-20H,1-2H3. The maximum absolute atomic E-state index is 10.1. The summed E-state index contributed by atoms with van der Waals surface area (Å²) >= 11 is 0. The number of nitrogens with one attached hydrogen (secondary N) is 2. The van der Waals surface area contributed by atoms with Crippen molar-refractivity contribution >= 4 is 16.6 Å². The van der Waals surface area contributed by atoms with Gasteiger partial charge in [0.25, 0.3) is 0 Å². The first-order valence-electron chi connectivity index (χ1n) is 6.54. The molecule has 100 valence electrons.